The zero-order chi connectivity index (χ0) is 21.7. The van der Waals surface area contributed by atoms with Gasteiger partial charge in [0.1, 0.15) is 0 Å². The zero-order valence-corrected chi connectivity index (χ0v) is 19.3. The second kappa shape index (κ2) is 10.5. The van der Waals surface area contributed by atoms with Crippen molar-refractivity contribution in [3.8, 4) is 0 Å². The summed E-state index contributed by atoms with van der Waals surface area (Å²) in [7, 11) is 2.18. The minimum absolute atomic E-state index is 0.0884. The number of piperazine rings is 1. The lowest BCUT2D eigenvalue weighted by atomic mass is 9.74. The summed E-state index contributed by atoms with van der Waals surface area (Å²) >= 11 is 0. The fourth-order valence-corrected chi connectivity index (χ4v) is 6.11. The number of nitrogens with zero attached hydrogens (tertiary/aromatic N) is 2. The molecule has 172 valence electrons. The molecule has 0 unspecified atom stereocenters. The molecule has 1 aliphatic heterocycles. The predicted octanol–water partition coefficient (Wildman–Crippen LogP) is 3.17. The average molecular weight is 428 g/mol. The minimum Gasteiger partial charge on any atom is -0.391 e. The molecule has 1 saturated heterocycles. The number of carbonyl (C=O) groups excluding carboxylic acids is 1. The van der Waals surface area contributed by atoms with Crippen molar-refractivity contribution in [2.45, 2.75) is 75.3 Å². The van der Waals surface area contributed by atoms with E-state index < -0.39 is 0 Å². The molecule has 2 aliphatic carbocycles. The largest absolute Gasteiger partial charge is 0.391 e. The molecule has 1 heterocycles. The molecule has 2 saturated carbocycles. The van der Waals surface area contributed by atoms with Crippen LogP contribution in [0.15, 0.2) is 30.3 Å². The van der Waals surface area contributed by atoms with Gasteiger partial charge >= 0.3 is 0 Å². The number of aliphatic hydroxyl groups is 1. The quantitative estimate of drug-likeness (QED) is 0.685. The van der Waals surface area contributed by atoms with E-state index in [1.54, 1.807) is 0 Å². The number of nitrogens with one attached hydrogen (secondary N) is 1. The van der Waals surface area contributed by atoms with Crippen LogP contribution in [0.5, 0.6) is 0 Å². The van der Waals surface area contributed by atoms with E-state index in [-0.39, 0.29) is 23.5 Å². The molecule has 0 radical (unpaired) electrons. The summed E-state index contributed by atoms with van der Waals surface area (Å²) < 4.78 is 0. The number of benzene rings is 1. The second-order valence-corrected chi connectivity index (χ2v) is 10.3. The van der Waals surface area contributed by atoms with Gasteiger partial charge in [0, 0.05) is 50.6 Å². The molecule has 1 amide bonds. The van der Waals surface area contributed by atoms with Crippen LogP contribution < -0.4 is 5.32 Å². The van der Waals surface area contributed by atoms with Gasteiger partial charge in [0.2, 0.25) is 5.91 Å². The van der Waals surface area contributed by atoms with Gasteiger partial charge in [0.15, 0.2) is 0 Å². The molecule has 4 rings (SSSR count). The summed E-state index contributed by atoms with van der Waals surface area (Å²) in [5.74, 6) is 0.785. The second-order valence-electron chi connectivity index (χ2n) is 10.3. The van der Waals surface area contributed by atoms with E-state index in [0.29, 0.717) is 18.9 Å². The van der Waals surface area contributed by atoms with E-state index in [4.69, 9.17) is 0 Å². The van der Waals surface area contributed by atoms with Gasteiger partial charge in [-0.3, -0.25) is 9.69 Å². The molecule has 5 nitrogen and oxygen atoms in total. The third-order valence-corrected chi connectivity index (χ3v) is 8.25. The van der Waals surface area contributed by atoms with Crippen LogP contribution >= 0.6 is 0 Å². The van der Waals surface area contributed by atoms with Crippen LogP contribution in [0, 0.1) is 5.92 Å². The van der Waals surface area contributed by atoms with Crippen molar-refractivity contribution in [3.05, 3.63) is 35.9 Å². The molecule has 1 aromatic carbocycles. The summed E-state index contributed by atoms with van der Waals surface area (Å²) in [5, 5.41) is 14.4. The molecular weight excluding hydrogens is 386 g/mol. The molecular formula is C26H41N3O2. The highest BCUT2D eigenvalue weighted by Gasteiger charge is 2.40. The van der Waals surface area contributed by atoms with Crippen LogP contribution in [0.1, 0.15) is 63.4 Å². The van der Waals surface area contributed by atoms with Gasteiger partial charge in [-0.1, -0.05) is 43.2 Å². The highest BCUT2D eigenvalue weighted by Crippen LogP contribution is 2.39. The highest BCUT2D eigenvalue weighted by molar-refractivity contribution is 5.76. The van der Waals surface area contributed by atoms with Gasteiger partial charge in [0.05, 0.1) is 6.10 Å². The molecule has 2 N–H and O–H groups in total. The Hall–Kier alpha value is -1.43. The molecule has 3 atom stereocenters. The number of carbonyl (C=O) groups is 1. The van der Waals surface area contributed by atoms with Crippen molar-refractivity contribution in [3.63, 3.8) is 0 Å². The Labute approximate surface area is 188 Å². The minimum atomic E-state index is -0.289. The van der Waals surface area contributed by atoms with Gasteiger partial charge in [-0.05, 0) is 57.1 Å². The third-order valence-electron chi connectivity index (χ3n) is 8.25. The Kier molecular flexibility index (Phi) is 7.68. The number of rotatable bonds is 6. The van der Waals surface area contributed by atoms with Crippen molar-refractivity contribution in [2.24, 2.45) is 5.92 Å². The number of likely N-dealkylation sites (N-methyl/N-ethyl adjacent to an activating group) is 1. The molecule has 0 aromatic heterocycles. The molecule has 31 heavy (non-hydrogen) atoms. The topological polar surface area (TPSA) is 55.8 Å². The summed E-state index contributed by atoms with van der Waals surface area (Å²) in [6.45, 7) is 4.91. The lowest BCUT2D eigenvalue weighted by Gasteiger charge is -2.39. The van der Waals surface area contributed by atoms with Gasteiger partial charge in [0.25, 0.3) is 0 Å². The van der Waals surface area contributed by atoms with Crippen molar-refractivity contribution < 1.29 is 9.90 Å². The Bertz CT molecular complexity index is 698. The van der Waals surface area contributed by atoms with Gasteiger partial charge in [-0.2, -0.15) is 0 Å². The SMILES string of the molecule is CN1CCN([C@H]2CC[C@](CNC(=O)CC3CCCC3)(c3ccccc3)CC[C@@H]2O)CC1. The standard InChI is InChI=1S/C26H41N3O2/c1-28-15-17-29(18-16-28)23-11-13-26(14-12-24(23)30,22-9-3-2-4-10-22)20-27-25(31)19-21-7-5-6-8-21/h2-4,9-10,21,23-24,30H,5-8,11-20H2,1H3,(H,27,31)/t23-,24-,26-/m0/s1. The average Bonchev–Trinajstić information content (AvgIpc) is 3.23. The predicted molar refractivity (Wildman–Crippen MR) is 125 cm³/mol. The van der Waals surface area contributed by atoms with Gasteiger partial charge in [-0.25, -0.2) is 0 Å². The van der Waals surface area contributed by atoms with E-state index in [0.717, 1.165) is 51.9 Å². The summed E-state index contributed by atoms with van der Waals surface area (Å²) in [6.07, 6.45) is 9.06. The lowest BCUT2D eigenvalue weighted by Crippen LogP contribution is -2.52. The van der Waals surface area contributed by atoms with E-state index >= 15 is 0 Å². The lowest BCUT2D eigenvalue weighted by molar-refractivity contribution is -0.122. The van der Waals surface area contributed by atoms with Crippen molar-refractivity contribution >= 4 is 5.91 Å². The number of aliphatic hydroxyl groups excluding tert-OH is 1. The number of hydrogen-bond acceptors (Lipinski definition) is 4. The van der Waals surface area contributed by atoms with E-state index in [2.05, 4.69) is 52.5 Å². The normalized spacial score (nSPS) is 31.4. The van der Waals surface area contributed by atoms with Crippen molar-refractivity contribution in [1.29, 1.82) is 0 Å². The maximum Gasteiger partial charge on any atom is 0.220 e. The zero-order valence-electron chi connectivity index (χ0n) is 19.3. The van der Waals surface area contributed by atoms with Crippen LogP contribution in [0.25, 0.3) is 0 Å². The van der Waals surface area contributed by atoms with Gasteiger partial charge in [-0.15, -0.1) is 0 Å². The Morgan fingerprint density at radius 3 is 2.42 bits per heavy atom. The van der Waals surface area contributed by atoms with Crippen LogP contribution in [-0.2, 0) is 10.2 Å². The first-order valence-corrected chi connectivity index (χ1v) is 12.5. The van der Waals surface area contributed by atoms with Gasteiger partial charge < -0.3 is 15.3 Å². The monoisotopic (exact) mass is 427 g/mol. The molecule has 1 aromatic rings. The fraction of sp³-hybridized carbons (Fsp3) is 0.731. The van der Waals surface area contributed by atoms with E-state index in [1.807, 2.05) is 0 Å². The first-order chi connectivity index (χ1) is 15.1. The summed E-state index contributed by atoms with van der Waals surface area (Å²) in [6, 6.07) is 10.9. The number of amides is 1. The van der Waals surface area contributed by atoms with Crippen molar-refractivity contribution in [1.82, 2.24) is 15.1 Å². The first kappa shape index (κ1) is 22.8. The maximum absolute atomic E-state index is 12.7. The Morgan fingerprint density at radius 2 is 1.71 bits per heavy atom. The fourth-order valence-electron chi connectivity index (χ4n) is 6.11. The van der Waals surface area contributed by atoms with Crippen LogP contribution in [0.4, 0.5) is 0 Å². The smallest absolute Gasteiger partial charge is 0.220 e. The van der Waals surface area contributed by atoms with Crippen LogP contribution in [0.3, 0.4) is 0 Å². The molecule has 3 fully saturated rings. The molecule has 5 heteroatoms. The highest BCUT2D eigenvalue weighted by atomic mass is 16.3. The maximum atomic E-state index is 12.7. The molecule has 3 aliphatic rings. The Balaban J connectivity index is 1.45. The van der Waals surface area contributed by atoms with Crippen LogP contribution in [-0.4, -0.2) is 72.7 Å². The number of hydrogen-bond donors (Lipinski definition) is 2. The molecule has 0 bridgehead atoms. The Morgan fingerprint density at radius 1 is 1.03 bits per heavy atom. The first-order valence-electron chi connectivity index (χ1n) is 12.5. The molecule has 0 spiro atoms. The third kappa shape index (κ3) is 5.68. The van der Waals surface area contributed by atoms with E-state index in [9.17, 15) is 9.90 Å². The van der Waals surface area contributed by atoms with E-state index in [1.165, 1.54) is 31.2 Å². The van der Waals surface area contributed by atoms with Crippen LogP contribution in [0.2, 0.25) is 0 Å². The van der Waals surface area contributed by atoms with Crippen molar-refractivity contribution in [2.75, 3.05) is 39.8 Å². The summed E-state index contributed by atoms with van der Waals surface area (Å²) in [5.41, 5.74) is 1.22. The summed E-state index contributed by atoms with van der Waals surface area (Å²) in [4.78, 5) is 17.6.